The van der Waals surface area contributed by atoms with Gasteiger partial charge in [0.25, 0.3) is 0 Å². The van der Waals surface area contributed by atoms with Crippen molar-refractivity contribution in [1.82, 2.24) is 0 Å². The lowest BCUT2D eigenvalue weighted by Gasteiger charge is -2.30. The molecule has 0 aromatic heterocycles. The standard InChI is InChI=1S/C26H22N2O3/c29-22-13-18(16-6-2-1-3-7-16)12-21-25(22)26(28-20-9-5-4-8-19(20)27-21)17-10-11-23-24(14-17)31-15-30-23/h1-11,14,18,26-28H,12-13,15H2/t18-,26+/m1/s1. The summed E-state index contributed by atoms with van der Waals surface area (Å²) in [6.45, 7) is 0.229. The molecule has 1 aliphatic carbocycles. The predicted octanol–water partition coefficient (Wildman–Crippen LogP) is 5.39. The van der Waals surface area contributed by atoms with Crippen LogP contribution in [0.15, 0.2) is 84.1 Å². The van der Waals surface area contributed by atoms with Crippen LogP contribution >= 0.6 is 0 Å². The number of rotatable bonds is 2. The summed E-state index contributed by atoms with van der Waals surface area (Å²) in [6.07, 6.45) is 1.30. The minimum Gasteiger partial charge on any atom is -0.454 e. The SMILES string of the molecule is O=C1C[C@H](c2ccccc2)CC2=C1[C@H](c1ccc3c(c1)OCO3)Nc1ccccc1N2. The first kappa shape index (κ1) is 18.1. The molecule has 3 aromatic rings. The molecule has 3 aliphatic rings. The van der Waals surface area contributed by atoms with Crippen LogP contribution in [0.2, 0.25) is 0 Å². The maximum Gasteiger partial charge on any atom is 0.231 e. The molecule has 0 saturated carbocycles. The van der Waals surface area contributed by atoms with Gasteiger partial charge in [0, 0.05) is 17.7 Å². The fourth-order valence-electron chi connectivity index (χ4n) is 4.80. The normalized spacial score (nSPS) is 21.5. The number of hydrogen-bond donors (Lipinski definition) is 2. The van der Waals surface area contributed by atoms with Crippen molar-refractivity contribution in [3.63, 3.8) is 0 Å². The van der Waals surface area contributed by atoms with Gasteiger partial charge in [0.05, 0.1) is 17.4 Å². The van der Waals surface area contributed by atoms with Gasteiger partial charge in [-0.3, -0.25) is 4.79 Å². The third-order valence-electron chi connectivity index (χ3n) is 6.31. The van der Waals surface area contributed by atoms with Gasteiger partial charge in [-0.15, -0.1) is 0 Å². The zero-order valence-corrected chi connectivity index (χ0v) is 16.9. The molecule has 0 amide bonds. The highest BCUT2D eigenvalue weighted by Gasteiger charge is 2.36. The lowest BCUT2D eigenvalue weighted by atomic mass is 9.78. The van der Waals surface area contributed by atoms with Gasteiger partial charge in [-0.25, -0.2) is 0 Å². The van der Waals surface area contributed by atoms with Crippen molar-refractivity contribution in [2.45, 2.75) is 24.8 Å². The average Bonchev–Trinajstić information content (AvgIpc) is 3.20. The minimum atomic E-state index is -0.259. The summed E-state index contributed by atoms with van der Waals surface area (Å²) in [5.41, 5.74) is 5.95. The van der Waals surface area contributed by atoms with Gasteiger partial charge in [-0.2, -0.15) is 0 Å². The van der Waals surface area contributed by atoms with Crippen molar-refractivity contribution in [1.29, 1.82) is 0 Å². The second-order valence-corrected chi connectivity index (χ2v) is 8.19. The molecule has 6 rings (SSSR count). The Morgan fingerprint density at radius 3 is 2.42 bits per heavy atom. The fraction of sp³-hybridized carbons (Fsp3) is 0.192. The molecule has 5 nitrogen and oxygen atoms in total. The van der Waals surface area contributed by atoms with Crippen LogP contribution in [0.1, 0.15) is 35.9 Å². The van der Waals surface area contributed by atoms with Crippen LogP contribution in [0.5, 0.6) is 11.5 Å². The molecule has 154 valence electrons. The van der Waals surface area contributed by atoms with E-state index in [1.807, 2.05) is 60.7 Å². The highest BCUT2D eigenvalue weighted by molar-refractivity contribution is 6.01. The second kappa shape index (κ2) is 7.20. The van der Waals surface area contributed by atoms with Crippen LogP contribution in [0.4, 0.5) is 11.4 Å². The third kappa shape index (κ3) is 3.13. The van der Waals surface area contributed by atoms with Crippen LogP contribution < -0.4 is 20.1 Å². The lowest BCUT2D eigenvalue weighted by molar-refractivity contribution is -0.116. The van der Waals surface area contributed by atoms with E-state index >= 15 is 0 Å². The first-order valence-corrected chi connectivity index (χ1v) is 10.6. The molecular weight excluding hydrogens is 388 g/mol. The van der Waals surface area contributed by atoms with E-state index in [0.29, 0.717) is 6.42 Å². The maximum atomic E-state index is 13.5. The number of carbonyl (C=O) groups excluding carboxylic acids is 1. The third-order valence-corrected chi connectivity index (χ3v) is 6.31. The zero-order chi connectivity index (χ0) is 20.8. The van der Waals surface area contributed by atoms with E-state index in [-0.39, 0.29) is 24.5 Å². The van der Waals surface area contributed by atoms with Crippen LogP contribution in [-0.4, -0.2) is 12.6 Å². The summed E-state index contributed by atoms with van der Waals surface area (Å²) in [7, 11) is 0. The van der Waals surface area contributed by atoms with Gasteiger partial charge in [0.2, 0.25) is 6.79 Å². The monoisotopic (exact) mass is 410 g/mol. The van der Waals surface area contributed by atoms with E-state index in [1.165, 1.54) is 5.56 Å². The topological polar surface area (TPSA) is 59.6 Å². The number of fused-ring (bicyclic) bond motifs is 2. The Morgan fingerprint density at radius 2 is 1.55 bits per heavy atom. The summed E-state index contributed by atoms with van der Waals surface area (Å²) in [4.78, 5) is 13.5. The van der Waals surface area contributed by atoms with Crippen LogP contribution in [0, 0.1) is 0 Å². The van der Waals surface area contributed by atoms with Gasteiger partial charge in [0.15, 0.2) is 17.3 Å². The van der Waals surface area contributed by atoms with Crippen molar-refractivity contribution in [3.8, 4) is 11.5 Å². The molecule has 0 saturated heterocycles. The molecule has 2 aliphatic heterocycles. The number of Topliss-reactive ketones (excluding diaryl/α,β-unsaturated/α-hetero) is 1. The van der Waals surface area contributed by atoms with Crippen molar-refractivity contribution < 1.29 is 14.3 Å². The van der Waals surface area contributed by atoms with Gasteiger partial charge < -0.3 is 20.1 Å². The Morgan fingerprint density at radius 1 is 0.774 bits per heavy atom. The Labute approximate surface area is 180 Å². The van der Waals surface area contributed by atoms with Crippen molar-refractivity contribution in [2.24, 2.45) is 0 Å². The number of anilines is 2. The Bertz CT molecular complexity index is 1200. The van der Waals surface area contributed by atoms with Gasteiger partial charge >= 0.3 is 0 Å². The first-order chi connectivity index (χ1) is 15.3. The van der Waals surface area contributed by atoms with Crippen LogP contribution in [-0.2, 0) is 4.79 Å². The quantitative estimate of drug-likeness (QED) is 0.593. The van der Waals surface area contributed by atoms with Crippen molar-refractivity contribution in [3.05, 3.63) is 95.2 Å². The highest BCUT2D eigenvalue weighted by Crippen LogP contribution is 2.45. The van der Waals surface area contributed by atoms with E-state index in [1.54, 1.807) is 0 Å². The molecule has 3 aromatic carbocycles. The van der Waals surface area contributed by atoms with E-state index < -0.39 is 0 Å². The number of ketones is 1. The first-order valence-electron chi connectivity index (χ1n) is 10.6. The number of nitrogens with one attached hydrogen (secondary N) is 2. The molecule has 0 fully saturated rings. The van der Waals surface area contributed by atoms with E-state index in [2.05, 4.69) is 22.8 Å². The van der Waals surface area contributed by atoms with Gasteiger partial charge in [-0.05, 0) is 47.7 Å². The minimum absolute atomic E-state index is 0.169. The molecule has 0 radical (unpaired) electrons. The number of carbonyl (C=O) groups is 1. The summed E-state index contributed by atoms with van der Waals surface area (Å²) in [5.74, 6) is 1.80. The molecule has 2 heterocycles. The van der Waals surface area contributed by atoms with Crippen LogP contribution in [0.25, 0.3) is 0 Å². The molecule has 2 N–H and O–H groups in total. The largest absolute Gasteiger partial charge is 0.454 e. The van der Waals surface area contributed by atoms with Crippen LogP contribution in [0.3, 0.4) is 0 Å². The van der Waals surface area contributed by atoms with Gasteiger partial charge in [0.1, 0.15) is 0 Å². The molecule has 0 unspecified atom stereocenters. The molecule has 5 heteroatoms. The van der Waals surface area contributed by atoms with Crippen molar-refractivity contribution >= 4 is 17.2 Å². The molecular formula is C26H22N2O3. The smallest absolute Gasteiger partial charge is 0.231 e. The number of benzene rings is 3. The zero-order valence-electron chi connectivity index (χ0n) is 16.9. The number of para-hydroxylation sites is 2. The van der Waals surface area contributed by atoms with Crippen molar-refractivity contribution in [2.75, 3.05) is 17.4 Å². The summed E-state index contributed by atoms with van der Waals surface area (Å²) in [6, 6.07) is 24.1. The predicted molar refractivity (Wildman–Crippen MR) is 119 cm³/mol. The average molecular weight is 410 g/mol. The van der Waals surface area contributed by atoms with Gasteiger partial charge in [-0.1, -0.05) is 48.5 Å². The summed E-state index contributed by atoms with van der Waals surface area (Å²) < 4.78 is 11.1. The lowest BCUT2D eigenvalue weighted by Crippen LogP contribution is -2.26. The Balaban J connectivity index is 1.46. The molecule has 0 spiro atoms. The summed E-state index contributed by atoms with van der Waals surface area (Å²) in [5, 5.41) is 7.20. The highest BCUT2D eigenvalue weighted by atomic mass is 16.7. The molecule has 2 atom stereocenters. The van der Waals surface area contributed by atoms with E-state index in [9.17, 15) is 4.79 Å². The Kier molecular flexibility index (Phi) is 4.20. The molecule has 0 bridgehead atoms. The number of ether oxygens (including phenoxy) is 2. The number of allylic oxidation sites excluding steroid dienone is 1. The van der Waals surface area contributed by atoms with E-state index in [4.69, 9.17) is 9.47 Å². The van der Waals surface area contributed by atoms with E-state index in [0.717, 1.165) is 46.1 Å². The second-order valence-electron chi connectivity index (χ2n) is 8.19. The fourth-order valence-corrected chi connectivity index (χ4v) is 4.80. The maximum absolute atomic E-state index is 13.5. The Hall–Kier alpha value is -3.73. The number of hydrogen-bond acceptors (Lipinski definition) is 5. The summed E-state index contributed by atoms with van der Waals surface area (Å²) >= 11 is 0. The molecule has 31 heavy (non-hydrogen) atoms.